The number of hydrogen-bond donors (Lipinski definition) is 1. The maximum Gasteiger partial charge on any atom is 0.0945 e. The van der Waals surface area contributed by atoms with Crippen molar-refractivity contribution in [1.29, 1.82) is 0 Å². The molecule has 0 aliphatic rings. The minimum atomic E-state index is 0.972. The summed E-state index contributed by atoms with van der Waals surface area (Å²) in [5.74, 6) is 0. The van der Waals surface area contributed by atoms with E-state index in [-0.39, 0.29) is 0 Å². The first-order valence-corrected chi connectivity index (χ1v) is 7.99. The predicted octanol–water partition coefficient (Wildman–Crippen LogP) is 4.24. The molecular formula is C18H18N2S. The minimum Gasteiger partial charge on any atom is -0.319 e. The van der Waals surface area contributed by atoms with Crippen molar-refractivity contribution in [2.24, 2.45) is 0 Å². The quantitative estimate of drug-likeness (QED) is 0.761. The minimum absolute atomic E-state index is 0.972. The highest BCUT2D eigenvalue weighted by atomic mass is 32.1. The van der Waals surface area contributed by atoms with Crippen LogP contribution in [0.4, 0.5) is 0 Å². The lowest BCUT2D eigenvalue weighted by molar-refractivity contribution is 0.788. The van der Waals surface area contributed by atoms with Crippen molar-refractivity contribution in [3.05, 3.63) is 65.0 Å². The first-order chi connectivity index (χ1) is 10.4. The Hall–Kier alpha value is -1.97. The zero-order chi connectivity index (χ0) is 14.5. The van der Waals surface area contributed by atoms with Gasteiger partial charge in [0.25, 0.3) is 0 Å². The third-order valence-corrected chi connectivity index (χ3v) is 4.34. The Morgan fingerprint density at radius 1 is 0.905 bits per heavy atom. The number of benzene rings is 2. The summed E-state index contributed by atoms with van der Waals surface area (Å²) in [5, 5.41) is 6.49. The van der Waals surface area contributed by atoms with Crippen LogP contribution in [0.15, 0.2) is 60.0 Å². The maximum atomic E-state index is 4.70. The number of hydrogen-bond acceptors (Lipinski definition) is 3. The zero-order valence-corrected chi connectivity index (χ0v) is 12.9. The number of aromatic nitrogens is 1. The molecule has 1 aromatic heterocycles. The Balaban J connectivity index is 1.79. The molecule has 0 aliphatic heterocycles. The monoisotopic (exact) mass is 294 g/mol. The van der Waals surface area contributed by atoms with E-state index in [0.717, 1.165) is 18.7 Å². The highest BCUT2D eigenvalue weighted by Gasteiger charge is 2.05. The van der Waals surface area contributed by atoms with Crippen LogP contribution in [0, 0.1) is 0 Å². The highest BCUT2D eigenvalue weighted by Crippen LogP contribution is 2.25. The van der Waals surface area contributed by atoms with E-state index in [2.05, 4.69) is 59.2 Å². The third kappa shape index (κ3) is 3.38. The number of rotatable bonds is 5. The molecule has 0 radical (unpaired) electrons. The molecule has 0 bridgehead atoms. The van der Waals surface area contributed by atoms with Crippen molar-refractivity contribution in [2.75, 3.05) is 13.6 Å². The second-order valence-electron chi connectivity index (χ2n) is 4.92. The first-order valence-electron chi connectivity index (χ1n) is 7.11. The van der Waals surface area contributed by atoms with Gasteiger partial charge in [0.15, 0.2) is 0 Å². The molecule has 106 valence electrons. The molecular weight excluding hydrogens is 276 g/mol. The molecule has 2 nitrogen and oxygen atoms in total. The van der Waals surface area contributed by atoms with E-state index in [1.54, 1.807) is 11.3 Å². The van der Waals surface area contributed by atoms with Crippen LogP contribution in [-0.2, 0) is 6.42 Å². The molecule has 0 amide bonds. The van der Waals surface area contributed by atoms with Gasteiger partial charge in [-0.2, -0.15) is 0 Å². The fourth-order valence-corrected chi connectivity index (χ4v) is 3.06. The topological polar surface area (TPSA) is 24.9 Å². The summed E-state index contributed by atoms with van der Waals surface area (Å²) in [4.78, 5) is 4.70. The van der Waals surface area contributed by atoms with Gasteiger partial charge in [-0.25, -0.2) is 4.98 Å². The number of likely N-dealkylation sites (N-methyl/N-ethyl adjacent to an activating group) is 1. The molecule has 0 fully saturated rings. The van der Waals surface area contributed by atoms with Crippen LogP contribution >= 0.6 is 11.3 Å². The van der Waals surface area contributed by atoms with Crippen molar-refractivity contribution >= 4 is 11.3 Å². The van der Waals surface area contributed by atoms with Gasteiger partial charge in [0.05, 0.1) is 10.7 Å². The Labute approximate surface area is 129 Å². The summed E-state index contributed by atoms with van der Waals surface area (Å²) in [5.41, 5.74) is 4.74. The lowest BCUT2D eigenvalue weighted by atomic mass is 10.0. The van der Waals surface area contributed by atoms with E-state index in [1.807, 2.05) is 13.1 Å². The van der Waals surface area contributed by atoms with E-state index < -0.39 is 0 Å². The van der Waals surface area contributed by atoms with E-state index in [0.29, 0.717) is 0 Å². The molecule has 1 N–H and O–H groups in total. The number of nitrogens with one attached hydrogen (secondary N) is 1. The van der Waals surface area contributed by atoms with Gasteiger partial charge in [-0.15, -0.1) is 11.3 Å². The number of nitrogens with zero attached hydrogens (tertiary/aromatic N) is 1. The van der Waals surface area contributed by atoms with Crippen LogP contribution in [-0.4, -0.2) is 18.6 Å². The standard InChI is InChI=1S/C18H18N2S/c1-19-12-11-18-20-17(13-21-18)16-9-7-15(8-10-16)14-5-3-2-4-6-14/h2-10,13,19H,11-12H2,1H3. The summed E-state index contributed by atoms with van der Waals surface area (Å²) in [6.45, 7) is 0.972. The van der Waals surface area contributed by atoms with Crippen molar-refractivity contribution in [3.8, 4) is 22.4 Å². The maximum absolute atomic E-state index is 4.70. The zero-order valence-electron chi connectivity index (χ0n) is 12.0. The molecule has 1 heterocycles. The molecule has 0 atom stereocenters. The van der Waals surface area contributed by atoms with Crippen LogP contribution in [0.3, 0.4) is 0 Å². The van der Waals surface area contributed by atoms with Crippen LogP contribution in [0.25, 0.3) is 22.4 Å². The molecule has 0 aliphatic carbocycles. The Bertz CT molecular complexity index is 687. The average molecular weight is 294 g/mol. The van der Waals surface area contributed by atoms with Gasteiger partial charge in [-0.3, -0.25) is 0 Å². The predicted molar refractivity (Wildman–Crippen MR) is 90.6 cm³/mol. The van der Waals surface area contributed by atoms with Gasteiger partial charge in [0, 0.05) is 23.9 Å². The molecule has 3 heteroatoms. The van der Waals surface area contributed by atoms with Gasteiger partial charge in [-0.1, -0.05) is 54.6 Å². The SMILES string of the molecule is CNCCc1nc(-c2ccc(-c3ccccc3)cc2)cs1. The Kier molecular flexibility index (Phi) is 4.43. The summed E-state index contributed by atoms with van der Waals surface area (Å²) < 4.78 is 0. The second kappa shape index (κ2) is 6.66. The summed E-state index contributed by atoms with van der Waals surface area (Å²) in [6, 6.07) is 19.1. The lowest BCUT2D eigenvalue weighted by Crippen LogP contribution is -2.09. The Morgan fingerprint density at radius 2 is 1.57 bits per heavy atom. The first kappa shape index (κ1) is 14.0. The summed E-state index contributed by atoms with van der Waals surface area (Å²) in [6.07, 6.45) is 0.989. The van der Waals surface area contributed by atoms with Gasteiger partial charge in [0.2, 0.25) is 0 Å². The van der Waals surface area contributed by atoms with E-state index in [9.17, 15) is 0 Å². The van der Waals surface area contributed by atoms with Crippen molar-refractivity contribution in [3.63, 3.8) is 0 Å². The normalized spacial score (nSPS) is 10.7. The third-order valence-electron chi connectivity index (χ3n) is 3.43. The Morgan fingerprint density at radius 3 is 2.29 bits per heavy atom. The van der Waals surface area contributed by atoms with Gasteiger partial charge in [0.1, 0.15) is 0 Å². The van der Waals surface area contributed by atoms with Crippen LogP contribution < -0.4 is 5.32 Å². The van der Waals surface area contributed by atoms with Crippen LogP contribution in [0.2, 0.25) is 0 Å². The van der Waals surface area contributed by atoms with E-state index in [1.165, 1.54) is 21.7 Å². The fraction of sp³-hybridized carbons (Fsp3) is 0.167. The van der Waals surface area contributed by atoms with Crippen LogP contribution in [0.1, 0.15) is 5.01 Å². The van der Waals surface area contributed by atoms with Gasteiger partial charge < -0.3 is 5.32 Å². The molecule has 2 aromatic carbocycles. The van der Waals surface area contributed by atoms with Crippen molar-refractivity contribution in [1.82, 2.24) is 10.3 Å². The van der Waals surface area contributed by atoms with Gasteiger partial charge in [-0.05, 0) is 18.2 Å². The second-order valence-corrected chi connectivity index (χ2v) is 5.87. The van der Waals surface area contributed by atoms with Gasteiger partial charge >= 0.3 is 0 Å². The number of thiazole rings is 1. The summed E-state index contributed by atoms with van der Waals surface area (Å²) >= 11 is 1.73. The molecule has 3 aromatic rings. The fourth-order valence-electron chi connectivity index (χ4n) is 2.25. The molecule has 0 spiro atoms. The molecule has 21 heavy (non-hydrogen) atoms. The van der Waals surface area contributed by atoms with Crippen molar-refractivity contribution in [2.45, 2.75) is 6.42 Å². The molecule has 3 rings (SSSR count). The largest absolute Gasteiger partial charge is 0.319 e. The lowest BCUT2D eigenvalue weighted by Gasteiger charge is -2.02. The molecule has 0 saturated carbocycles. The average Bonchev–Trinajstić information content (AvgIpc) is 3.03. The summed E-state index contributed by atoms with van der Waals surface area (Å²) in [7, 11) is 1.97. The molecule has 0 unspecified atom stereocenters. The van der Waals surface area contributed by atoms with E-state index >= 15 is 0 Å². The van der Waals surface area contributed by atoms with Crippen LogP contribution in [0.5, 0.6) is 0 Å². The highest BCUT2D eigenvalue weighted by molar-refractivity contribution is 7.09. The van der Waals surface area contributed by atoms with Crippen molar-refractivity contribution < 1.29 is 0 Å². The van der Waals surface area contributed by atoms with E-state index in [4.69, 9.17) is 4.98 Å². The molecule has 0 saturated heterocycles. The smallest absolute Gasteiger partial charge is 0.0945 e.